The molecular formula is C58H40N4. The first kappa shape index (κ1) is 35.8. The molecule has 1 atom stereocenters. The Bertz CT molecular complexity index is 3580. The highest BCUT2D eigenvalue weighted by Gasteiger charge is 2.20. The van der Waals surface area contributed by atoms with E-state index in [0.29, 0.717) is 5.95 Å². The van der Waals surface area contributed by atoms with Gasteiger partial charge in [-0.15, -0.1) is 0 Å². The van der Waals surface area contributed by atoms with Gasteiger partial charge in [0.1, 0.15) is 0 Å². The Balaban J connectivity index is 0.914. The van der Waals surface area contributed by atoms with Crippen LogP contribution in [0.5, 0.6) is 0 Å². The van der Waals surface area contributed by atoms with Gasteiger partial charge in [-0.05, 0) is 106 Å². The second kappa shape index (κ2) is 14.9. The molecule has 0 radical (unpaired) electrons. The number of para-hydroxylation sites is 2. The summed E-state index contributed by atoms with van der Waals surface area (Å²) in [7, 11) is 0. The average Bonchev–Trinajstić information content (AvgIpc) is 3.87. The number of fused-ring (bicyclic) bond motifs is 6. The highest BCUT2D eigenvalue weighted by molar-refractivity contribution is 6.11. The largest absolute Gasteiger partial charge is 0.309 e. The van der Waals surface area contributed by atoms with Crippen LogP contribution in [0, 0.1) is 0 Å². The van der Waals surface area contributed by atoms with Crippen molar-refractivity contribution in [2.75, 3.05) is 0 Å². The minimum Gasteiger partial charge on any atom is -0.309 e. The van der Waals surface area contributed by atoms with E-state index < -0.39 is 0 Å². The van der Waals surface area contributed by atoms with Crippen molar-refractivity contribution in [1.29, 1.82) is 0 Å². The molecule has 0 spiro atoms. The summed E-state index contributed by atoms with van der Waals surface area (Å²) in [5.74, 6) is 0.882. The number of rotatable bonds is 7. The minimum atomic E-state index is 0.211. The molecule has 4 heteroatoms. The number of nitrogens with zero attached hydrogens (tertiary/aromatic N) is 4. The van der Waals surface area contributed by atoms with Gasteiger partial charge in [0.15, 0.2) is 0 Å². The Hall–Kier alpha value is -8.08. The van der Waals surface area contributed by atoms with Crippen molar-refractivity contribution in [2.24, 2.45) is 0 Å². The Morgan fingerprint density at radius 1 is 0.387 bits per heavy atom. The lowest BCUT2D eigenvalue weighted by Crippen LogP contribution is -2.32. The second-order valence-electron chi connectivity index (χ2n) is 16.2. The fraction of sp³-hybridized carbons (Fsp3) is 0.0345. The fourth-order valence-electron chi connectivity index (χ4n) is 9.53. The monoisotopic (exact) mass is 792 g/mol. The Labute approximate surface area is 359 Å². The Morgan fingerprint density at radius 2 is 0.903 bits per heavy atom. The summed E-state index contributed by atoms with van der Waals surface area (Å²) >= 11 is 0. The standard InChI is InChI=1S/C58H40N4/c1-4-14-39(15-5-1)41-18-12-19-42(32-41)43-20-13-21-44(33-43)48-37-59-58(60-38-48)62-54-25-11-10-24-50(54)51-35-46(28-31-57(51)62)47-27-30-56-53(36-47)52-34-45(40-16-6-2-7-17-40)26-29-55(52)61(56)49-22-8-3-9-23-49/h1-27,29-38,46H,28H2. The van der Waals surface area contributed by atoms with Crippen LogP contribution in [0.15, 0.2) is 213 Å². The molecule has 1 aliphatic carbocycles. The van der Waals surface area contributed by atoms with Gasteiger partial charge in [0, 0.05) is 50.9 Å². The molecule has 1 unspecified atom stereocenters. The highest BCUT2D eigenvalue weighted by atomic mass is 15.1. The third-order valence-electron chi connectivity index (χ3n) is 12.6. The van der Waals surface area contributed by atoms with E-state index in [-0.39, 0.29) is 5.92 Å². The predicted molar refractivity (Wildman–Crippen MR) is 257 cm³/mol. The van der Waals surface area contributed by atoms with E-state index in [1.54, 1.807) is 0 Å². The highest BCUT2D eigenvalue weighted by Crippen LogP contribution is 2.38. The van der Waals surface area contributed by atoms with E-state index in [1.165, 1.54) is 65.8 Å². The van der Waals surface area contributed by atoms with Crippen molar-refractivity contribution < 1.29 is 0 Å². The van der Waals surface area contributed by atoms with Crippen molar-refractivity contribution in [3.05, 3.63) is 229 Å². The van der Waals surface area contributed by atoms with Gasteiger partial charge in [0.2, 0.25) is 5.95 Å². The van der Waals surface area contributed by atoms with E-state index in [1.807, 2.05) is 12.4 Å². The van der Waals surface area contributed by atoms with Crippen molar-refractivity contribution >= 4 is 44.9 Å². The van der Waals surface area contributed by atoms with Crippen LogP contribution >= 0.6 is 0 Å². The molecule has 0 N–H and O–H groups in total. The van der Waals surface area contributed by atoms with Crippen LogP contribution in [0.2, 0.25) is 0 Å². The zero-order valence-corrected chi connectivity index (χ0v) is 33.9. The van der Waals surface area contributed by atoms with Gasteiger partial charge >= 0.3 is 0 Å². The molecular weight excluding hydrogens is 753 g/mol. The number of aromatic nitrogens is 4. The smallest absolute Gasteiger partial charge is 0.234 e. The lowest BCUT2D eigenvalue weighted by atomic mass is 9.90. The summed E-state index contributed by atoms with van der Waals surface area (Å²) in [6.45, 7) is 0. The first-order valence-electron chi connectivity index (χ1n) is 21.3. The van der Waals surface area contributed by atoms with Crippen molar-refractivity contribution in [3.63, 3.8) is 0 Å². The minimum absolute atomic E-state index is 0.211. The molecule has 62 heavy (non-hydrogen) atoms. The summed E-state index contributed by atoms with van der Waals surface area (Å²) in [5.41, 5.74) is 15.3. The lowest BCUT2D eigenvalue weighted by molar-refractivity contribution is 0.886. The van der Waals surface area contributed by atoms with Gasteiger partial charge in [-0.25, -0.2) is 9.97 Å². The summed E-state index contributed by atoms with van der Waals surface area (Å²) in [4.78, 5) is 10.0. The first-order valence-corrected chi connectivity index (χ1v) is 21.3. The SMILES string of the molecule is C1=c2c(n(-c3ncc(-c4cccc(-c5cccc(-c6ccccc6)c5)c4)cn3)c3ccccc23)=CCC1c1ccc2c(c1)c1cc(-c3ccccc3)ccc1n2-c1ccccc1. The molecule has 8 aromatic carbocycles. The van der Waals surface area contributed by atoms with Gasteiger partial charge in [-0.2, -0.15) is 0 Å². The molecule has 11 aromatic rings. The lowest BCUT2D eigenvalue weighted by Gasteiger charge is -2.15. The quantitative estimate of drug-likeness (QED) is 0.161. The van der Waals surface area contributed by atoms with Crippen molar-refractivity contribution in [3.8, 4) is 56.1 Å². The van der Waals surface area contributed by atoms with E-state index in [2.05, 4.69) is 221 Å². The normalized spacial score (nSPS) is 13.5. The van der Waals surface area contributed by atoms with Gasteiger partial charge in [-0.1, -0.05) is 158 Å². The van der Waals surface area contributed by atoms with Crippen LogP contribution in [0.25, 0.3) is 101 Å². The maximum absolute atomic E-state index is 5.02. The van der Waals surface area contributed by atoms with Gasteiger partial charge in [-0.3, -0.25) is 4.57 Å². The van der Waals surface area contributed by atoms with Crippen LogP contribution in [0.3, 0.4) is 0 Å². The molecule has 0 fully saturated rings. The molecule has 0 saturated carbocycles. The van der Waals surface area contributed by atoms with Crippen molar-refractivity contribution in [2.45, 2.75) is 12.3 Å². The summed E-state index contributed by atoms with van der Waals surface area (Å²) < 4.78 is 4.63. The van der Waals surface area contributed by atoms with Crippen LogP contribution < -0.4 is 10.6 Å². The van der Waals surface area contributed by atoms with Crippen LogP contribution in [-0.2, 0) is 0 Å². The van der Waals surface area contributed by atoms with E-state index >= 15 is 0 Å². The van der Waals surface area contributed by atoms with E-state index in [0.717, 1.165) is 39.7 Å². The molecule has 1 aliphatic rings. The number of hydrogen-bond donors (Lipinski definition) is 0. The van der Waals surface area contributed by atoms with Crippen LogP contribution in [0.1, 0.15) is 17.9 Å². The first-order chi connectivity index (χ1) is 30.7. The zero-order valence-electron chi connectivity index (χ0n) is 33.9. The fourth-order valence-corrected chi connectivity index (χ4v) is 9.53. The predicted octanol–water partition coefficient (Wildman–Crippen LogP) is 12.9. The Kier molecular flexibility index (Phi) is 8.60. The molecule has 12 rings (SSSR count). The maximum Gasteiger partial charge on any atom is 0.234 e. The molecule has 0 bridgehead atoms. The topological polar surface area (TPSA) is 35.6 Å². The maximum atomic E-state index is 5.02. The summed E-state index contributed by atoms with van der Waals surface area (Å²) in [6.07, 6.45) is 9.64. The summed E-state index contributed by atoms with van der Waals surface area (Å²) in [5, 5.41) is 6.10. The van der Waals surface area contributed by atoms with Crippen LogP contribution in [-0.4, -0.2) is 19.1 Å². The third kappa shape index (κ3) is 6.15. The molecule has 0 saturated heterocycles. The summed E-state index contributed by atoms with van der Waals surface area (Å²) in [6, 6.07) is 71.9. The van der Waals surface area contributed by atoms with Crippen molar-refractivity contribution in [1.82, 2.24) is 19.1 Å². The second-order valence-corrected chi connectivity index (χ2v) is 16.2. The average molecular weight is 793 g/mol. The molecule has 3 aromatic heterocycles. The van der Waals surface area contributed by atoms with Crippen LogP contribution in [0.4, 0.5) is 0 Å². The van der Waals surface area contributed by atoms with Gasteiger partial charge < -0.3 is 4.57 Å². The van der Waals surface area contributed by atoms with E-state index in [4.69, 9.17) is 9.97 Å². The molecule has 3 heterocycles. The Morgan fingerprint density at radius 3 is 1.58 bits per heavy atom. The molecule has 292 valence electrons. The number of hydrogen-bond acceptors (Lipinski definition) is 2. The van der Waals surface area contributed by atoms with Gasteiger partial charge in [0.05, 0.1) is 21.9 Å². The number of benzene rings is 8. The van der Waals surface area contributed by atoms with Gasteiger partial charge in [0.25, 0.3) is 0 Å². The zero-order chi connectivity index (χ0) is 41.0. The molecule has 0 amide bonds. The van der Waals surface area contributed by atoms with E-state index in [9.17, 15) is 0 Å². The molecule has 4 nitrogen and oxygen atoms in total. The molecule has 0 aliphatic heterocycles. The third-order valence-corrected chi connectivity index (χ3v) is 12.6.